The van der Waals surface area contributed by atoms with E-state index in [-0.39, 0.29) is 30.1 Å². The number of nitrogens with zero attached hydrogens (tertiary/aromatic N) is 1. The highest BCUT2D eigenvalue weighted by Gasteiger charge is 2.34. The minimum Gasteiger partial charge on any atom is -0.350 e. The highest BCUT2D eigenvalue weighted by molar-refractivity contribution is 8.18. The predicted octanol–water partition coefficient (Wildman–Crippen LogP) is 3.28. The van der Waals surface area contributed by atoms with Gasteiger partial charge in [-0.05, 0) is 40.7 Å². The lowest BCUT2D eigenvalue weighted by Gasteiger charge is -2.12. The highest BCUT2D eigenvalue weighted by Crippen LogP contribution is 2.32. The van der Waals surface area contributed by atoms with Gasteiger partial charge in [-0.2, -0.15) is 11.3 Å². The third-order valence-corrected chi connectivity index (χ3v) is 5.50. The van der Waals surface area contributed by atoms with Gasteiger partial charge in [-0.25, -0.2) is 0 Å². The van der Waals surface area contributed by atoms with E-state index in [9.17, 15) is 14.4 Å². The molecule has 0 unspecified atom stereocenters. The van der Waals surface area contributed by atoms with Crippen molar-refractivity contribution in [3.63, 3.8) is 0 Å². The van der Waals surface area contributed by atoms with Crippen LogP contribution in [0, 0.1) is 0 Å². The average Bonchev–Trinajstić information content (AvgIpc) is 3.26. The summed E-state index contributed by atoms with van der Waals surface area (Å²) >= 11 is 3.88. The van der Waals surface area contributed by atoms with Crippen LogP contribution in [0.3, 0.4) is 0 Å². The lowest BCUT2D eigenvalue weighted by atomic mass is 10.3. The minimum absolute atomic E-state index is 0.169. The second kappa shape index (κ2) is 7.12. The van der Waals surface area contributed by atoms with Gasteiger partial charge in [0.05, 0.1) is 4.91 Å². The molecule has 118 valence electrons. The van der Waals surface area contributed by atoms with Crippen LogP contribution in [0.1, 0.15) is 15.2 Å². The van der Waals surface area contributed by atoms with E-state index in [4.69, 9.17) is 0 Å². The average molecular weight is 364 g/mol. The fourth-order valence-corrected chi connectivity index (χ4v) is 4.20. The van der Waals surface area contributed by atoms with Crippen molar-refractivity contribution in [2.24, 2.45) is 0 Å². The second-order valence-corrected chi connectivity index (χ2v) is 7.37. The van der Waals surface area contributed by atoms with Crippen LogP contribution in [0.2, 0.25) is 0 Å². The zero-order valence-electron chi connectivity index (χ0n) is 11.9. The molecule has 0 bridgehead atoms. The number of imide groups is 1. The van der Waals surface area contributed by atoms with Crippen molar-refractivity contribution in [1.29, 1.82) is 0 Å². The second-order valence-electron chi connectivity index (χ2n) is 4.62. The molecular formula is C15H12N2O3S3. The summed E-state index contributed by atoms with van der Waals surface area (Å²) in [6.07, 6.45) is 1.72. The molecule has 1 aliphatic rings. The lowest BCUT2D eigenvalue weighted by Crippen LogP contribution is -2.37. The Morgan fingerprint density at radius 1 is 1.26 bits per heavy atom. The number of carbonyl (C=O) groups excluding carboxylic acids is 3. The summed E-state index contributed by atoms with van der Waals surface area (Å²) in [4.78, 5) is 38.5. The molecule has 0 atom stereocenters. The van der Waals surface area contributed by atoms with Crippen molar-refractivity contribution >= 4 is 57.6 Å². The predicted molar refractivity (Wildman–Crippen MR) is 93.6 cm³/mol. The molecule has 1 fully saturated rings. The van der Waals surface area contributed by atoms with E-state index < -0.39 is 0 Å². The Kier molecular flexibility index (Phi) is 4.94. The summed E-state index contributed by atoms with van der Waals surface area (Å²) in [6, 6.07) is 5.50. The first-order valence-electron chi connectivity index (χ1n) is 6.74. The van der Waals surface area contributed by atoms with Crippen molar-refractivity contribution in [3.05, 3.63) is 49.7 Å². The number of hydrogen-bond donors (Lipinski definition) is 1. The van der Waals surface area contributed by atoms with Crippen LogP contribution in [0.15, 0.2) is 39.2 Å². The Balaban J connectivity index is 1.57. The molecule has 8 heteroatoms. The van der Waals surface area contributed by atoms with E-state index in [0.717, 1.165) is 21.5 Å². The van der Waals surface area contributed by atoms with E-state index in [1.54, 1.807) is 17.5 Å². The van der Waals surface area contributed by atoms with E-state index in [2.05, 4.69) is 5.32 Å². The van der Waals surface area contributed by atoms with Crippen LogP contribution in [0.4, 0.5) is 4.79 Å². The number of carbonyl (C=O) groups is 3. The molecule has 3 amide bonds. The van der Waals surface area contributed by atoms with Gasteiger partial charge in [0.25, 0.3) is 17.1 Å². The van der Waals surface area contributed by atoms with Gasteiger partial charge in [-0.3, -0.25) is 19.3 Å². The first-order chi connectivity index (χ1) is 11.1. The van der Waals surface area contributed by atoms with Crippen molar-refractivity contribution < 1.29 is 14.4 Å². The maximum absolute atomic E-state index is 12.3. The van der Waals surface area contributed by atoms with Crippen LogP contribution >= 0.6 is 34.4 Å². The fraction of sp³-hybridized carbons (Fsp3) is 0.133. The highest BCUT2D eigenvalue weighted by atomic mass is 32.2. The largest absolute Gasteiger partial charge is 0.350 e. The molecule has 23 heavy (non-hydrogen) atoms. The summed E-state index contributed by atoms with van der Waals surface area (Å²) < 4.78 is 0. The Hall–Kier alpha value is -1.90. The number of rotatable bonds is 5. The van der Waals surface area contributed by atoms with Crippen molar-refractivity contribution in [2.45, 2.75) is 0 Å². The normalized spacial score (nSPS) is 16.3. The van der Waals surface area contributed by atoms with Crippen LogP contribution in [0.25, 0.3) is 6.08 Å². The van der Waals surface area contributed by atoms with Gasteiger partial charge in [-0.15, -0.1) is 11.3 Å². The van der Waals surface area contributed by atoms with Gasteiger partial charge in [0.1, 0.15) is 0 Å². The zero-order chi connectivity index (χ0) is 16.2. The Labute approximate surface area is 145 Å². The molecule has 3 rings (SSSR count). The molecule has 1 N–H and O–H groups in total. The Morgan fingerprint density at radius 2 is 2.13 bits per heavy atom. The van der Waals surface area contributed by atoms with Crippen LogP contribution in [0.5, 0.6) is 0 Å². The maximum Gasteiger partial charge on any atom is 0.293 e. The Morgan fingerprint density at radius 3 is 2.83 bits per heavy atom. The molecule has 0 aromatic carbocycles. The first-order valence-corrected chi connectivity index (χ1v) is 9.38. The molecule has 0 aliphatic carbocycles. The number of thioether (sulfide) groups is 1. The monoisotopic (exact) mass is 364 g/mol. The third kappa shape index (κ3) is 3.72. The van der Waals surface area contributed by atoms with E-state index >= 15 is 0 Å². The van der Waals surface area contributed by atoms with Gasteiger partial charge in [0.2, 0.25) is 0 Å². The van der Waals surface area contributed by atoms with Gasteiger partial charge in [-0.1, -0.05) is 6.07 Å². The summed E-state index contributed by atoms with van der Waals surface area (Å²) in [5.41, 5.74) is 0.585. The van der Waals surface area contributed by atoms with E-state index in [1.807, 2.05) is 22.9 Å². The van der Waals surface area contributed by atoms with Crippen molar-refractivity contribution in [1.82, 2.24) is 10.2 Å². The quantitative estimate of drug-likeness (QED) is 0.827. The molecular weight excluding hydrogens is 352 g/mol. The summed E-state index contributed by atoms with van der Waals surface area (Å²) in [7, 11) is 0. The SMILES string of the molecule is O=C(NCCN1C(=O)S/C(=C\c2cccs2)C1=O)c1ccsc1. The van der Waals surface area contributed by atoms with E-state index in [1.165, 1.54) is 22.7 Å². The number of hydrogen-bond acceptors (Lipinski definition) is 6. The molecule has 5 nitrogen and oxygen atoms in total. The minimum atomic E-state index is -0.307. The molecule has 0 spiro atoms. The molecule has 2 aromatic rings. The lowest BCUT2D eigenvalue weighted by molar-refractivity contribution is -0.122. The van der Waals surface area contributed by atoms with Crippen LogP contribution in [-0.4, -0.2) is 35.0 Å². The number of nitrogens with one attached hydrogen (secondary N) is 1. The molecule has 0 saturated carbocycles. The van der Waals surface area contributed by atoms with Crippen LogP contribution in [-0.2, 0) is 4.79 Å². The van der Waals surface area contributed by atoms with Gasteiger partial charge < -0.3 is 5.32 Å². The number of amides is 3. The summed E-state index contributed by atoms with van der Waals surface area (Å²) in [6.45, 7) is 0.404. The molecule has 1 saturated heterocycles. The third-order valence-electron chi connectivity index (χ3n) is 3.09. The maximum atomic E-state index is 12.3. The standard InChI is InChI=1S/C15H12N2O3S3/c18-13(10-3-7-21-9-10)16-4-5-17-14(19)12(23-15(17)20)8-11-2-1-6-22-11/h1-3,6-9H,4-5H2,(H,16,18)/b12-8-. The molecule has 3 heterocycles. The molecule has 0 radical (unpaired) electrons. The van der Waals surface area contributed by atoms with Gasteiger partial charge >= 0.3 is 0 Å². The van der Waals surface area contributed by atoms with Crippen molar-refractivity contribution in [2.75, 3.05) is 13.1 Å². The van der Waals surface area contributed by atoms with Gasteiger partial charge in [0.15, 0.2) is 0 Å². The number of thiophene rings is 2. The smallest absolute Gasteiger partial charge is 0.293 e. The Bertz CT molecular complexity index is 751. The van der Waals surface area contributed by atoms with Gasteiger partial charge in [0, 0.05) is 28.9 Å². The zero-order valence-corrected chi connectivity index (χ0v) is 14.3. The molecule has 2 aromatic heterocycles. The fourth-order valence-electron chi connectivity index (χ4n) is 1.97. The summed E-state index contributed by atoms with van der Waals surface area (Å²) in [5.74, 6) is -0.509. The summed E-state index contributed by atoms with van der Waals surface area (Å²) in [5, 5.41) is 7.89. The molecule has 1 aliphatic heterocycles. The topological polar surface area (TPSA) is 66.5 Å². The first kappa shape index (κ1) is 16.0. The van der Waals surface area contributed by atoms with E-state index in [0.29, 0.717) is 10.5 Å². The van der Waals surface area contributed by atoms with Crippen LogP contribution < -0.4 is 5.32 Å². The van der Waals surface area contributed by atoms with Crippen molar-refractivity contribution in [3.8, 4) is 0 Å².